The summed E-state index contributed by atoms with van der Waals surface area (Å²) in [5.74, 6) is 0.884. The van der Waals surface area contributed by atoms with Crippen molar-refractivity contribution in [1.29, 1.82) is 0 Å². The van der Waals surface area contributed by atoms with Gasteiger partial charge in [-0.3, -0.25) is 4.79 Å². The number of hydrogen-bond acceptors (Lipinski definition) is 4. The fourth-order valence-electron chi connectivity index (χ4n) is 8.57. The molecule has 3 aromatic carbocycles. The Hall–Kier alpha value is -3.53. The minimum Gasteiger partial charge on any atom is -0.318 e. The molecular weight excluding hydrogens is 554 g/mol. The summed E-state index contributed by atoms with van der Waals surface area (Å²) in [4.78, 5) is 31.0. The first-order chi connectivity index (χ1) is 21.9. The predicted molar refractivity (Wildman–Crippen MR) is 183 cm³/mol. The van der Waals surface area contributed by atoms with Crippen LogP contribution in [0.3, 0.4) is 0 Å². The second-order valence-corrected chi connectivity index (χ2v) is 14.1. The van der Waals surface area contributed by atoms with Gasteiger partial charge in [-0.1, -0.05) is 136 Å². The first kappa shape index (κ1) is 31.5. The van der Waals surface area contributed by atoms with Gasteiger partial charge < -0.3 is 4.84 Å². The van der Waals surface area contributed by atoms with Crippen LogP contribution in [-0.4, -0.2) is 17.5 Å². The SMILES string of the molecule is CC(=O)O/N=C(\Cc1cccc(C)c1)C(=O)c1ccc2c(c1)C(CCC1CCCCC1)(CCC1CCCCC1)c1ccccc1-2. The number of carbonyl (C=O) groups excluding carboxylic acids is 2. The van der Waals surface area contributed by atoms with E-state index in [1.165, 1.54) is 106 Å². The van der Waals surface area contributed by atoms with Gasteiger partial charge in [0.05, 0.1) is 0 Å². The molecule has 4 heteroatoms. The fraction of sp³-hybridized carbons (Fsp3) is 0.488. The zero-order chi connectivity index (χ0) is 31.2. The Kier molecular flexibility index (Phi) is 9.97. The number of carbonyl (C=O) groups is 2. The molecule has 236 valence electrons. The van der Waals surface area contributed by atoms with Crippen LogP contribution in [0.25, 0.3) is 11.1 Å². The molecular formula is C41H49NO3. The zero-order valence-corrected chi connectivity index (χ0v) is 27.3. The number of aryl methyl sites for hydroxylation is 1. The van der Waals surface area contributed by atoms with Crippen LogP contribution < -0.4 is 0 Å². The molecule has 0 atom stereocenters. The molecule has 0 aromatic heterocycles. The Morgan fingerprint density at radius 3 is 2.04 bits per heavy atom. The van der Waals surface area contributed by atoms with Gasteiger partial charge in [-0.2, -0.15) is 0 Å². The van der Waals surface area contributed by atoms with E-state index in [-0.39, 0.29) is 16.9 Å². The second kappa shape index (κ2) is 14.3. The summed E-state index contributed by atoms with van der Waals surface area (Å²) in [5, 5.41) is 4.11. The molecule has 0 unspecified atom stereocenters. The summed E-state index contributed by atoms with van der Waals surface area (Å²) in [5.41, 5.74) is 8.22. The van der Waals surface area contributed by atoms with E-state index >= 15 is 0 Å². The summed E-state index contributed by atoms with van der Waals surface area (Å²) in [7, 11) is 0. The molecule has 3 aliphatic rings. The molecule has 0 N–H and O–H groups in total. The minimum atomic E-state index is -0.529. The van der Waals surface area contributed by atoms with Gasteiger partial charge in [0.2, 0.25) is 5.78 Å². The largest absolute Gasteiger partial charge is 0.331 e. The summed E-state index contributed by atoms with van der Waals surface area (Å²) in [6.45, 7) is 3.35. The van der Waals surface area contributed by atoms with Crippen molar-refractivity contribution in [3.8, 4) is 11.1 Å². The number of nitrogens with zero attached hydrogens (tertiary/aromatic N) is 1. The lowest BCUT2D eigenvalue weighted by Crippen LogP contribution is -2.28. The van der Waals surface area contributed by atoms with Gasteiger partial charge in [0.25, 0.3) is 0 Å². The number of oxime groups is 1. The molecule has 0 spiro atoms. The lowest BCUT2D eigenvalue weighted by Gasteiger charge is -2.36. The monoisotopic (exact) mass is 603 g/mol. The van der Waals surface area contributed by atoms with E-state index in [2.05, 4.69) is 47.6 Å². The van der Waals surface area contributed by atoms with Crippen molar-refractivity contribution in [2.24, 2.45) is 17.0 Å². The summed E-state index contributed by atoms with van der Waals surface area (Å²) >= 11 is 0. The van der Waals surface area contributed by atoms with Crippen LogP contribution in [0.1, 0.15) is 129 Å². The van der Waals surface area contributed by atoms with Gasteiger partial charge in [0.1, 0.15) is 5.71 Å². The van der Waals surface area contributed by atoms with E-state index in [9.17, 15) is 9.59 Å². The van der Waals surface area contributed by atoms with Crippen molar-refractivity contribution in [3.63, 3.8) is 0 Å². The minimum absolute atomic E-state index is 0.0964. The number of hydrogen-bond donors (Lipinski definition) is 0. The van der Waals surface area contributed by atoms with E-state index in [4.69, 9.17) is 4.84 Å². The Balaban J connectivity index is 1.38. The van der Waals surface area contributed by atoms with Crippen LogP contribution >= 0.6 is 0 Å². The van der Waals surface area contributed by atoms with E-state index in [1.807, 2.05) is 31.2 Å². The third-order valence-electron chi connectivity index (χ3n) is 10.9. The van der Waals surface area contributed by atoms with Crippen molar-refractivity contribution in [2.75, 3.05) is 0 Å². The Morgan fingerprint density at radius 1 is 0.756 bits per heavy atom. The molecule has 0 heterocycles. The molecule has 4 nitrogen and oxygen atoms in total. The molecule has 3 aliphatic carbocycles. The normalized spacial score (nSPS) is 18.3. The molecule has 0 radical (unpaired) electrons. The highest BCUT2D eigenvalue weighted by atomic mass is 16.7. The average Bonchev–Trinajstić information content (AvgIpc) is 3.34. The smallest absolute Gasteiger partial charge is 0.318 e. The first-order valence-corrected chi connectivity index (χ1v) is 17.5. The molecule has 45 heavy (non-hydrogen) atoms. The molecule has 0 bridgehead atoms. The van der Waals surface area contributed by atoms with Gasteiger partial charge in [0, 0.05) is 24.3 Å². The highest BCUT2D eigenvalue weighted by Crippen LogP contribution is 2.55. The van der Waals surface area contributed by atoms with Gasteiger partial charge in [-0.15, -0.1) is 0 Å². The Morgan fingerprint density at radius 2 is 1.40 bits per heavy atom. The molecule has 2 fully saturated rings. The third-order valence-corrected chi connectivity index (χ3v) is 10.9. The quantitative estimate of drug-likeness (QED) is 0.0948. The van der Waals surface area contributed by atoms with Crippen molar-refractivity contribution in [3.05, 3.63) is 94.5 Å². The number of Topliss-reactive ketones (excluding diaryl/α,β-unsaturated/α-hetero) is 1. The van der Waals surface area contributed by atoms with E-state index in [0.717, 1.165) is 35.8 Å². The standard InChI is InChI=1S/C41H49NO3/c1-29-12-11-17-33(26-29)27-39(42-45-30(2)43)40(44)34-20-21-36-35-18-9-10-19-37(35)41(38(36)28-34,24-22-31-13-5-3-6-14-31)25-23-32-15-7-4-8-16-32/h9-12,17-21,26,28,31-32H,3-8,13-16,22-25,27H2,1-2H3/b42-39+. The fourth-order valence-corrected chi connectivity index (χ4v) is 8.57. The molecule has 3 aromatic rings. The summed E-state index contributed by atoms with van der Waals surface area (Å²) < 4.78 is 0. The lowest BCUT2D eigenvalue weighted by atomic mass is 9.67. The van der Waals surface area contributed by atoms with Crippen LogP contribution in [0.4, 0.5) is 0 Å². The van der Waals surface area contributed by atoms with Crippen molar-refractivity contribution >= 4 is 17.5 Å². The topological polar surface area (TPSA) is 55.7 Å². The number of rotatable bonds is 11. The van der Waals surface area contributed by atoms with Crippen molar-refractivity contribution in [2.45, 2.75) is 116 Å². The third kappa shape index (κ3) is 7.16. The first-order valence-electron chi connectivity index (χ1n) is 17.5. The van der Waals surface area contributed by atoms with Gasteiger partial charge in [-0.25, -0.2) is 4.79 Å². The second-order valence-electron chi connectivity index (χ2n) is 14.1. The van der Waals surface area contributed by atoms with Gasteiger partial charge in [-0.05, 0) is 78.3 Å². The zero-order valence-electron chi connectivity index (χ0n) is 27.3. The molecule has 6 rings (SSSR count). The molecule has 0 amide bonds. The maximum atomic E-state index is 14.2. The maximum absolute atomic E-state index is 14.2. The van der Waals surface area contributed by atoms with Crippen molar-refractivity contribution in [1.82, 2.24) is 0 Å². The van der Waals surface area contributed by atoms with Crippen LogP contribution in [0.15, 0.2) is 71.9 Å². The predicted octanol–water partition coefficient (Wildman–Crippen LogP) is 10.3. The Bertz CT molecular complexity index is 1520. The highest BCUT2D eigenvalue weighted by Gasteiger charge is 2.43. The van der Waals surface area contributed by atoms with Crippen LogP contribution in [-0.2, 0) is 21.5 Å². The number of fused-ring (bicyclic) bond motifs is 3. The van der Waals surface area contributed by atoms with Crippen LogP contribution in [0.5, 0.6) is 0 Å². The number of ketones is 1. The van der Waals surface area contributed by atoms with Gasteiger partial charge in [0.15, 0.2) is 0 Å². The maximum Gasteiger partial charge on any atom is 0.331 e. The van der Waals surface area contributed by atoms with Crippen LogP contribution in [0.2, 0.25) is 0 Å². The molecule has 0 aliphatic heterocycles. The van der Waals surface area contributed by atoms with Crippen LogP contribution in [0, 0.1) is 18.8 Å². The highest BCUT2D eigenvalue weighted by molar-refractivity contribution is 6.46. The van der Waals surface area contributed by atoms with E-state index in [1.54, 1.807) is 0 Å². The van der Waals surface area contributed by atoms with Gasteiger partial charge >= 0.3 is 5.97 Å². The van der Waals surface area contributed by atoms with Crippen molar-refractivity contribution < 1.29 is 14.4 Å². The lowest BCUT2D eigenvalue weighted by molar-refractivity contribution is -0.140. The molecule has 2 saturated carbocycles. The Labute approximate surface area is 269 Å². The average molecular weight is 604 g/mol. The summed E-state index contributed by atoms with van der Waals surface area (Å²) in [6.07, 6.45) is 18.6. The number of benzene rings is 3. The summed E-state index contributed by atoms with van der Waals surface area (Å²) in [6, 6.07) is 23.4. The van der Waals surface area contributed by atoms with E-state index < -0.39 is 5.97 Å². The van der Waals surface area contributed by atoms with E-state index in [0.29, 0.717) is 12.0 Å². The molecule has 0 saturated heterocycles.